The summed E-state index contributed by atoms with van der Waals surface area (Å²) in [5, 5.41) is 3.06. The van der Waals surface area contributed by atoms with Gasteiger partial charge in [-0.05, 0) is 32.1 Å². The minimum atomic E-state index is 0.180. The van der Waals surface area contributed by atoms with Gasteiger partial charge in [-0.15, -0.1) is 0 Å². The highest BCUT2D eigenvalue weighted by atomic mass is 16.2. The number of amides is 1. The molecule has 1 amide bonds. The molecule has 1 aliphatic heterocycles. The monoisotopic (exact) mass is 301 g/mol. The molecule has 0 unspecified atom stereocenters. The molecule has 2 fully saturated rings. The Balaban J connectivity index is 1.34. The van der Waals surface area contributed by atoms with E-state index in [1.54, 1.807) is 6.33 Å². The number of carbonyl (C=O) groups is 1. The van der Waals surface area contributed by atoms with E-state index >= 15 is 0 Å². The van der Waals surface area contributed by atoms with Gasteiger partial charge in [-0.2, -0.15) is 0 Å². The van der Waals surface area contributed by atoms with Crippen LogP contribution in [-0.4, -0.2) is 59.5 Å². The Labute approximate surface area is 130 Å². The minimum absolute atomic E-state index is 0.180. The molecule has 1 saturated heterocycles. The standard InChI is InChI=1S/C16H23N5O/c22-15(19-12-4-5-12)10-20-6-8-21(9-7-20)16-13-2-1-3-14(13)17-11-18-16/h11-12H,1-10H2,(H,19,22). The Morgan fingerprint density at radius 1 is 1.18 bits per heavy atom. The zero-order valence-electron chi connectivity index (χ0n) is 12.9. The topological polar surface area (TPSA) is 61.4 Å². The van der Waals surface area contributed by atoms with E-state index in [0.717, 1.165) is 57.7 Å². The Kier molecular flexibility index (Phi) is 3.70. The second kappa shape index (κ2) is 5.83. The quantitative estimate of drug-likeness (QED) is 0.870. The molecular weight excluding hydrogens is 278 g/mol. The van der Waals surface area contributed by atoms with Crippen LogP contribution in [0.4, 0.5) is 5.82 Å². The van der Waals surface area contributed by atoms with Gasteiger partial charge in [-0.25, -0.2) is 9.97 Å². The fraction of sp³-hybridized carbons (Fsp3) is 0.688. The summed E-state index contributed by atoms with van der Waals surface area (Å²) < 4.78 is 0. The second-order valence-electron chi connectivity index (χ2n) is 6.58. The molecule has 2 aliphatic carbocycles. The number of carbonyl (C=O) groups excluding carboxylic acids is 1. The molecule has 22 heavy (non-hydrogen) atoms. The molecule has 0 spiro atoms. The predicted molar refractivity (Wildman–Crippen MR) is 83.9 cm³/mol. The second-order valence-corrected chi connectivity index (χ2v) is 6.58. The van der Waals surface area contributed by atoms with Gasteiger partial charge >= 0.3 is 0 Å². The maximum Gasteiger partial charge on any atom is 0.234 e. The molecule has 0 radical (unpaired) electrons. The fourth-order valence-electron chi connectivity index (χ4n) is 3.44. The first-order valence-electron chi connectivity index (χ1n) is 8.39. The van der Waals surface area contributed by atoms with Gasteiger partial charge in [0.15, 0.2) is 0 Å². The number of anilines is 1. The molecule has 2 heterocycles. The van der Waals surface area contributed by atoms with Crippen molar-refractivity contribution in [2.24, 2.45) is 0 Å². The summed E-state index contributed by atoms with van der Waals surface area (Å²) in [6.07, 6.45) is 7.40. The van der Waals surface area contributed by atoms with E-state index in [9.17, 15) is 4.79 Å². The summed E-state index contributed by atoms with van der Waals surface area (Å²) in [4.78, 5) is 25.4. The van der Waals surface area contributed by atoms with Crippen LogP contribution in [0.2, 0.25) is 0 Å². The van der Waals surface area contributed by atoms with Crippen molar-refractivity contribution in [3.63, 3.8) is 0 Å². The molecule has 0 aromatic carbocycles. The summed E-state index contributed by atoms with van der Waals surface area (Å²) in [6, 6.07) is 0.456. The lowest BCUT2D eigenvalue weighted by molar-refractivity contribution is -0.122. The average molecular weight is 301 g/mol. The van der Waals surface area contributed by atoms with Gasteiger partial charge in [0.05, 0.1) is 6.54 Å². The number of fused-ring (bicyclic) bond motifs is 1. The minimum Gasteiger partial charge on any atom is -0.354 e. The number of hydrogen-bond donors (Lipinski definition) is 1. The smallest absolute Gasteiger partial charge is 0.234 e. The van der Waals surface area contributed by atoms with Crippen LogP contribution in [0.1, 0.15) is 30.5 Å². The lowest BCUT2D eigenvalue weighted by atomic mass is 10.2. The number of nitrogens with one attached hydrogen (secondary N) is 1. The summed E-state index contributed by atoms with van der Waals surface area (Å²) in [5.74, 6) is 1.31. The molecule has 1 aromatic rings. The first-order chi connectivity index (χ1) is 10.8. The van der Waals surface area contributed by atoms with Crippen molar-refractivity contribution < 1.29 is 4.79 Å². The molecule has 4 rings (SSSR count). The van der Waals surface area contributed by atoms with Crippen LogP contribution >= 0.6 is 0 Å². The van der Waals surface area contributed by atoms with Gasteiger partial charge in [0, 0.05) is 43.5 Å². The van der Waals surface area contributed by atoms with E-state index in [4.69, 9.17) is 0 Å². The lowest BCUT2D eigenvalue weighted by Crippen LogP contribution is -2.50. The number of piperazine rings is 1. The Bertz CT molecular complexity index is 564. The molecule has 0 bridgehead atoms. The van der Waals surface area contributed by atoms with E-state index in [2.05, 4.69) is 25.1 Å². The average Bonchev–Trinajstić information content (AvgIpc) is 3.20. The highest BCUT2D eigenvalue weighted by Gasteiger charge is 2.27. The molecule has 3 aliphatic rings. The SMILES string of the molecule is O=C(CN1CCN(c2ncnc3c2CCC3)CC1)NC1CC1. The van der Waals surface area contributed by atoms with Crippen LogP contribution in [0.25, 0.3) is 0 Å². The fourth-order valence-corrected chi connectivity index (χ4v) is 3.44. The highest BCUT2D eigenvalue weighted by molar-refractivity contribution is 5.78. The molecular formula is C16H23N5O. The van der Waals surface area contributed by atoms with Crippen molar-refractivity contribution in [3.05, 3.63) is 17.6 Å². The molecule has 6 heteroatoms. The van der Waals surface area contributed by atoms with E-state index < -0.39 is 0 Å². The van der Waals surface area contributed by atoms with Crippen LogP contribution in [-0.2, 0) is 17.6 Å². The van der Waals surface area contributed by atoms with E-state index in [1.807, 2.05) is 0 Å². The first kappa shape index (κ1) is 13.9. The number of aromatic nitrogens is 2. The maximum absolute atomic E-state index is 11.9. The number of nitrogens with zero attached hydrogens (tertiary/aromatic N) is 4. The maximum atomic E-state index is 11.9. The van der Waals surface area contributed by atoms with Crippen molar-refractivity contribution in [1.29, 1.82) is 0 Å². The van der Waals surface area contributed by atoms with Crippen LogP contribution in [0.3, 0.4) is 0 Å². The summed E-state index contributed by atoms with van der Waals surface area (Å²) >= 11 is 0. The third-order valence-electron chi connectivity index (χ3n) is 4.83. The van der Waals surface area contributed by atoms with Gasteiger partial charge in [-0.3, -0.25) is 9.69 Å². The predicted octanol–water partition coefficient (Wildman–Crippen LogP) is 0.366. The van der Waals surface area contributed by atoms with Crippen LogP contribution < -0.4 is 10.2 Å². The van der Waals surface area contributed by atoms with Crippen molar-refractivity contribution in [3.8, 4) is 0 Å². The highest BCUT2D eigenvalue weighted by Crippen LogP contribution is 2.28. The van der Waals surface area contributed by atoms with Gasteiger partial charge < -0.3 is 10.2 Å². The van der Waals surface area contributed by atoms with Crippen LogP contribution in [0, 0.1) is 0 Å². The zero-order valence-corrected chi connectivity index (χ0v) is 12.9. The normalized spacial score (nSPS) is 21.7. The zero-order chi connectivity index (χ0) is 14.9. The Morgan fingerprint density at radius 2 is 2.00 bits per heavy atom. The Hall–Kier alpha value is -1.69. The first-order valence-corrected chi connectivity index (χ1v) is 8.39. The molecule has 6 nitrogen and oxygen atoms in total. The van der Waals surface area contributed by atoms with Gasteiger partial charge in [0.25, 0.3) is 0 Å². The largest absolute Gasteiger partial charge is 0.354 e. The van der Waals surface area contributed by atoms with Gasteiger partial charge in [-0.1, -0.05) is 0 Å². The van der Waals surface area contributed by atoms with Crippen molar-refractivity contribution in [2.45, 2.75) is 38.1 Å². The van der Waals surface area contributed by atoms with Gasteiger partial charge in [0.1, 0.15) is 12.1 Å². The number of aryl methyl sites for hydroxylation is 1. The molecule has 1 N–H and O–H groups in total. The van der Waals surface area contributed by atoms with Crippen LogP contribution in [0.15, 0.2) is 6.33 Å². The van der Waals surface area contributed by atoms with Crippen molar-refractivity contribution in [1.82, 2.24) is 20.2 Å². The molecule has 1 saturated carbocycles. The number of rotatable bonds is 4. The molecule has 0 atom stereocenters. The van der Waals surface area contributed by atoms with E-state index in [0.29, 0.717) is 12.6 Å². The van der Waals surface area contributed by atoms with Gasteiger partial charge in [0.2, 0.25) is 5.91 Å². The third kappa shape index (κ3) is 2.92. The third-order valence-corrected chi connectivity index (χ3v) is 4.83. The summed E-state index contributed by atoms with van der Waals surface area (Å²) in [7, 11) is 0. The Morgan fingerprint density at radius 3 is 2.77 bits per heavy atom. The molecule has 1 aromatic heterocycles. The molecule has 118 valence electrons. The van der Waals surface area contributed by atoms with Crippen LogP contribution in [0.5, 0.6) is 0 Å². The van der Waals surface area contributed by atoms with E-state index in [-0.39, 0.29) is 5.91 Å². The lowest BCUT2D eigenvalue weighted by Gasteiger charge is -2.35. The van der Waals surface area contributed by atoms with Crippen molar-refractivity contribution in [2.75, 3.05) is 37.6 Å². The van der Waals surface area contributed by atoms with E-state index in [1.165, 1.54) is 17.7 Å². The summed E-state index contributed by atoms with van der Waals surface area (Å²) in [5.41, 5.74) is 2.58. The van der Waals surface area contributed by atoms with Crippen molar-refractivity contribution >= 4 is 11.7 Å². The number of hydrogen-bond acceptors (Lipinski definition) is 5. The summed E-state index contributed by atoms with van der Waals surface area (Å²) in [6.45, 7) is 4.28.